The van der Waals surface area contributed by atoms with Gasteiger partial charge in [-0.25, -0.2) is 13.2 Å². The van der Waals surface area contributed by atoms with Gasteiger partial charge in [-0.05, 0) is 18.2 Å². The molecule has 0 unspecified atom stereocenters. The lowest BCUT2D eigenvalue weighted by Gasteiger charge is -2.08. The number of para-hydroxylation sites is 1. The van der Waals surface area contributed by atoms with Crippen molar-refractivity contribution >= 4 is 20.9 Å². The van der Waals surface area contributed by atoms with E-state index in [1.54, 1.807) is 29.9 Å². The molecule has 7 nitrogen and oxygen atoms in total. The van der Waals surface area contributed by atoms with E-state index in [2.05, 4.69) is 0 Å². The summed E-state index contributed by atoms with van der Waals surface area (Å²) >= 11 is 0. The maximum atomic E-state index is 12.6. The Hall–Kier alpha value is -2.61. The first-order chi connectivity index (χ1) is 9.91. The summed E-state index contributed by atoms with van der Waals surface area (Å²) in [6.45, 7) is 0. The average molecular weight is 305 g/mol. The van der Waals surface area contributed by atoms with E-state index in [0.717, 1.165) is 0 Å². The van der Waals surface area contributed by atoms with Gasteiger partial charge in [0.25, 0.3) is 15.6 Å². The molecule has 1 aromatic carbocycles. The number of nitrogens with zero attached hydrogens (tertiary/aromatic N) is 2. The van der Waals surface area contributed by atoms with Crippen molar-refractivity contribution in [1.82, 2.24) is 13.5 Å². The van der Waals surface area contributed by atoms with Gasteiger partial charge in [-0.1, -0.05) is 12.1 Å². The summed E-state index contributed by atoms with van der Waals surface area (Å²) in [6.07, 6.45) is 2.95. The third kappa shape index (κ3) is 2.00. The average Bonchev–Trinajstić information content (AvgIpc) is 2.86. The number of H-pyrrole nitrogens is 1. The highest BCUT2D eigenvalue weighted by Crippen LogP contribution is 2.16. The Labute approximate surface area is 119 Å². The van der Waals surface area contributed by atoms with Crippen LogP contribution < -0.4 is 11.2 Å². The molecule has 0 saturated heterocycles. The molecular weight excluding hydrogens is 294 g/mol. The molecule has 3 rings (SSSR count). The van der Waals surface area contributed by atoms with Crippen LogP contribution in [-0.2, 0) is 17.1 Å². The maximum Gasteiger partial charge on any atom is 0.343 e. The van der Waals surface area contributed by atoms with Crippen molar-refractivity contribution in [1.29, 1.82) is 0 Å². The summed E-state index contributed by atoms with van der Waals surface area (Å²) in [7, 11) is -2.41. The third-order valence-corrected chi connectivity index (χ3v) is 4.80. The molecule has 1 N–H and O–H groups in total. The Balaban J connectivity index is 2.46. The lowest BCUT2D eigenvalue weighted by Crippen LogP contribution is -2.34. The van der Waals surface area contributed by atoms with Crippen molar-refractivity contribution in [2.45, 2.75) is 4.90 Å². The van der Waals surface area contributed by atoms with Crippen LogP contribution in [0.2, 0.25) is 0 Å². The molecule has 0 aliphatic carbocycles. The molecular formula is C13H11N3O4S. The fourth-order valence-corrected chi connectivity index (χ4v) is 3.57. The summed E-state index contributed by atoms with van der Waals surface area (Å²) in [5, 5.41) is 0.136. The van der Waals surface area contributed by atoms with E-state index in [1.165, 1.54) is 24.4 Å². The van der Waals surface area contributed by atoms with Crippen LogP contribution in [-0.4, -0.2) is 21.9 Å². The van der Waals surface area contributed by atoms with E-state index < -0.39 is 21.3 Å². The Morgan fingerprint density at radius 3 is 2.48 bits per heavy atom. The second-order valence-electron chi connectivity index (χ2n) is 4.56. The highest BCUT2D eigenvalue weighted by molar-refractivity contribution is 7.90. The van der Waals surface area contributed by atoms with Crippen molar-refractivity contribution in [3.05, 3.63) is 63.6 Å². The number of aromatic nitrogens is 3. The van der Waals surface area contributed by atoms with Gasteiger partial charge >= 0.3 is 5.69 Å². The topological polar surface area (TPSA) is 93.9 Å². The second-order valence-corrected chi connectivity index (χ2v) is 6.35. The summed E-state index contributed by atoms with van der Waals surface area (Å²) in [5.41, 5.74) is -1.55. The number of aromatic amines is 1. The van der Waals surface area contributed by atoms with E-state index in [4.69, 9.17) is 0 Å². The first-order valence-corrected chi connectivity index (χ1v) is 7.47. The van der Waals surface area contributed by atoms with Crippen molar-refractivity contribution < 1.29 is 8.42 Å². The van der Waals surface area contributed by atoms with Crippen LogP contribution in [0.25, 0.3) is 10.9 Å². The Bertz CT molecular complexity index is 1060. The van der Waals surface area contributed by atoms with Gasteiger partial charge in [-0.3, -0.25) is 9.78 Å². The number of rotatable bonds is 2. The highest BCUT2D eigenvalue weighted by atomic mass is 32.2. The summed E-state index contributed by atoms with van der Waals surface area (Å²) in [4.78, 5) is 25.8. The molecule has 0 amide bonds. The largest absolute Gasteiger partial charge is 0.356 e. The second kappa shape index (κ2) is 4.45. The fourth-order valence-electron chi connectivity index (χ4n) is 2.14. The number of hydrogen-bond donors (Lipinski definition) is 1. The predicted octanol–water partition coefficient (Wildman–Crippen LogP) is 0.265. The molecule has 2 heterocycles. The molecule has 0 atom stereocenters. The number of hydrogen-bond acceptors (Lipinski definition) is 4. The summed E-state index contributed by atoms with van der Waals surface area (Å²) < 4.78 is 27.4. The van der Waals surface area contributed by atoms with Crippen LogP contribution in [0.1, 0.15) is 0 Å². The molecule has 0 aliphatic rings. The SMILES string of the molecule is Cn1ccc(S(=O)(=O)n2c(=O)[nH]c(=O)c3ccccc32)c1. The molecule has 0 bridgehead atoms. The van der Waals surface area contributed by atoms with Gasteiger partial charge in [-0.2, -0.15) is 3.97 Å². The quantitative estimate of drug-likeness (QED) is 0.735. The van der Waals surface area contributed by atoms with Crippen LogP contribution in [0, 0.1) is 0 Å². The first kappa shape index (κ1) is 13.4. The third-order valence-electron chi connectivity index (χ3n) is 3.12. The summed E-state index contributed by atoms with van der Waals surface area (Å²) in [6, 6.07) is 7.44. The minimum atomic E-state index is -4.08. The van der Waals surface area contributed by atoms with Crippen LogP contribution >= 0.6 is 0 Å². The lowest BCUT2D eigenvalue weighted by atomic mass is 10.2. The molecule has 0 radical (unpaired) electrons. The van der Waals surface area contributed by atoms with E-state index in [0.29, 0.717) is 3.97 Å². The smallest absolute Gasteiger partial charge is 0.343 e. The van der Waals surface area contributed by atoms with Crippen molar-refractivity contribution in [3.63, 3.8) is 0 Å². The molecule has 0 saturated carbocycles. The van der Waals surface area contributed by atoms with Gasteiger partial charge in [0.15, 0.2) is 0 Å². The Kier molecular flexibility index (Phi) is 2.84. The molecule has 8 heteroatoms. The molecule has 108 valence electrons. The van der Waals surface area contributed by atoms with Gasteiger partial charge in [0, 0.05) is 19.4 Å². The van der Waals surface area contributed by atoms with Gasteiger partial charge < -0.3 is 4.57 Å². The fraction of sp³-hybridized carbons (Fsp3) is 0.0769. The minimum absolute atomic E-state index is 0.0238. The van der Waals surface area contributed by atoms with Gasteiger partial charge in [0.2, 0.25) is 0 Å². The van der Waals surface area contributed by atoms with Crippen LogP contribution in [0.4, 0.5) is 0 Å². The maximum absolute atomic E-state index is 12.6. The van der Waals surface area contributed by atoms with Gasteiger partial charge in [0.1, 0.15) is 4.90 Å². The number of benzene rings is 1. The minimum Gasteiger partial charge on any atom is -0.356 e. The first-order valence-electron chi connectivity index (χ1n) is 6.03. The molecule has 0 spiro atoms. The van der Waals surface area contributed by atoms with E-state index >= 15 is 0 Å². The molecule has 0 fully saturated rings. The molecule has 2 aromatic heterocycles. The Morgan fingerprint density at radius 2 is 1.81 bits per heavy atom. The normalized spacial score (nSPS) is 11.9. The summed E-state index contributed by atoms with van der Waals surface area (Å²) in [5.74, 6) is 0. The standard InChI is InChI=1S/C13H11N3O4S/c1-15-7-6-9(8-15)21(19,20)16-11-5-3-2-4-10(11)12(17)14-13(16)18/h2-8H,1H3,(H,14,17,18). The molecule has 0 aliphatic heterocycles. The van der Waals surface area contributed by atoms with Crippen LogP contribution in [0.15, 0.2) is 57.2 Å². The van der Waals surface area contributed by atoms with Crippen molar-refractivity contribution in [2.24, 2.45) is 7.05 Å². The van der Waals surface area contributed by atoms with E-state index in [-0.39, 0.29) is 15.8 Å². The molecule has 3 aromatic rings. The predicted molar refractivity (Wildman–Crippen MR) is 76.8 cm³/mol. The number of aryl methyl sites for hydroxylation is 1. The number of fused-ring (bicyclic) bond motifs is 1. The lowest BCUT2D eigenvalue weighted by molar-refractivity contribution is 0.586. The van der Waals surface area contributed by atoms with Crippen LogP contribution in [0.5, 0.6) is 0 Å². The van der Waals surface area contributed by atoms with Gasteiger partial charge in [0.05, 0.1) is 10.9 Å². The van der Waals surface area contributed by atoms with E-state index in [1.807, 2.05) is 4.98 Å². The van der Waals surface area contributed by atoms with Crippen molar-refractivity contribution in [2.75, 3.05) is 0 Å². The van der Waals surface area contributed by atoms with Crippen molar-refractivity contribution in [3.8, 4) is 0 Å². The zero-order valence-electron chi connectivity index (χ0n) is 11.0. The molecule has 21 heavy (non-hydrogen) atoms. The van der Waals surface area contributed by atoms with E-state index in [9.17, 15) is 18.0 Å². The van der Waals surface area contributed by atoms with Gasteiger partial charge in [-0.15, -0.1) is 0 Å². The zero-order chi connectivity index (χ0) is 15.2. The zero-order valence-corrected chi connectivity index (χ0v) is 11.8. The van der Waals surface area contributed by atoms with Crippen LogP contribution in [0.3, 0.4) is 0 Å². The number of nitrogens with one attached hydrogen (secondary N) is 1. The highest BCUT2D eigenvalue weighted by Gasteiger charge is 2.22. The Morgan fingerprint density at radius 1 is 1.10 bits per heavy atom. The monoisotopic (exact) mass is 305 g/mol.